The van der Waals surface area contributed by atoms with E-state index in [9.17, 15) is 14.4 Å². The normalized spacial score (nSPS) is 10.2. The molecule has 2 aromatic rings. The van der Waals surface area contributed by atoms with Gasteiger partial charge < -0.3 is 24.8 Å². The number of Topliss-reactive ketones (excluding diaryl/α,β-unsaturated/α-hetero) is 1. The maximum atomic E-state index is 12.2. The highest BCUT2D eigenvalue weighted by Crippen LogP contribution is 2.27. The average molecular weight is 428 g/mol. The van der Waals surface area contributed by atoms with E-state index in [1.807, 2.05) is 13.0 Å². The summed E-state index contributed by atoms with van der Waals surface area (Å²) < 4.78 is 16.0. The maximum absolute atomic E-state index is 12.2. The molecule has 0 unspecified atom stereocenters. The molecule has 0 spiro atoms. The third kappa shape index (κ3) is 7.02. The lowest BCUT2D eigenvalue weighted by atomic mass is 10.1. The summed E-state index contributed by atoms with van der Waals surface area (Å²) in [7, 11) is 3.10. The number of amides is 2. The number of nitrogens with one attached hydrogen (secondary N) is 2. The van der Waals surface area contributed by atoms with E-state index >= 15 is 0 Å². The van der Waals surface area contributed by atoms with Crippen LogP contribution in [0.3, 0.4) is 0 Å². The molecule has 31 heavy (non-hydrogen) atoms. The topological polar surface area (TPSA) is 103 Å². The van der Waals surface area contributed by atoms with Crippen molar-refractivity contribution in [2.45, 2.75) is 33.2 Å². The van der Waals surface area contributed by atoms with E-state index < -0.39 is 0 Å². The van der Waals surface area contributed by atoms with Crippen molar-refractivity contribution < 1.29 is 28.6 Å². The van der Waals surface area contributed by atoms with Crippen LogP contribution in [0.5, 0.6) is 17.2 Å². The first-order chi connectivity index (χ1) is 14.9. The van der Waals surface area contributed by atoms with Gasteiger partial charge in [-0.1, -0.05) is 13.0 Å². The molecule has 0 atom stereocenters. The molecule has 0 heterocycles. The lowest BCUT2D eigenvalue weighted by molar-refractivity contribution is -0.123. The second-order valence-electron chi connectivity index (χ2n) is 6.82. The molecule has 0 bridgehead atoms. The van der Waals surface area contributed by atoms with Crippen LogP contribution >= 0.6 is 0 Å². The number of hydrogen-bond donors (Lipinski definition) is 2. The number of carbonyl (C=O) groups is 3. The Balaban J connectivity index is 1.96. The summed E-state index contributed by atoms with van der Waals surface area (Å²) in [5.41, 5.74) is 1.64. The van der Waals surface area contributed by atoms with Crippen LogP contribution in [0.2, 0.25) is 0 Å². The first-order valence-corrected chi connectivity index (χ1v) is 9.93. The van der Waals surface area contributed by atoms with Crippen molar-refractivity contribution in [3.05, 3.63) is 47.5 Å². The van der Waals surface area contributed by atoms with Gasteiger partial charge in [0.1, 0.15) is 5.75 Å². The predicted molar refractivity (Wildman–Crippen MR) is 117 cm³/mol. The SMILES string of the molecule is CCCC(=O)Nc1ccc(OCC(=O)NCc2ccc(OC)c(OC)c2)c(C(C)=O)c1. The quantitative estimate of drug-likeness (QED) is 0.532. The molecule has 2 N–H and O–H groups in total. The first kappa shape index (κ1) is 23.7. The van der Waals surface area contributed by atoms with E-state index in [4.69, 9.17) is 14.2 Å². The van der Waals surface area contributed by atoms with Gasteiger partial charge >= 0.3 is 0 Å². The Morgan fingerprint density at radius 2 is 1.61 bits per heavy atom. The monoisotopic (exact) mass is 428 g/mol. The molecule has 0 fully saturated rings. The van der Waals surface area contributed by atoms with Gasteiger partial charge in [0, 0.05) is 18.7 Å². The van der Waals surface area contributed by atoms with Gasteiger partial charge in [-0.3, -0.25) is 14.4 Å². The van der Waals surface area contributed by atoms with Gasteiger partial charge in [0.2, 0.25) is 5.91 Å². The standard InChI is InChI=1S/C23H28N2O6/c1-5-6-22(27)25-17-8-10-19(18(12-17)15(2)26)31-14-23(28)24-13-16-7-9-20(29-3)21(11-16)30-4/h7-12H,5-6,13-14H2,1-4H3,(H,24,28)(H,25,27). The van der Waals surface area contributed by atoms with Gasteiger partial charge in [-0.2, -0.15) is 0 Å². The number of methoxy groups -OCH3 is 2. The second kappa shape index (κ2) is 11.6. The van der Waals surface area contributed by atoms with E-state index in [-0.39, 0.29) is 36.5 Å². The fourth-order valence-electron chi connectivity index (χ4n) is 2.84. The Bertz CT molecular complexity index is 942. The number of anilines is 1. The van der Waals surface area contributed by atoms with Crippen molar-refractivity contribution in [1.82, 2.24) is 5.32 Å². The minimum absolute atomic E-state index is 0.125. The number of benzene rings is 2. The summed E-state index contributed by atoms with van der Waals surface area (Å²) in [5, 5.41) is 5.50. The summed E-state index contributed by atoms with van der Waals surface area (Å²) in [4.78, 5) is 35.9. The van der Waals surface area contributed by atoms with Crippen molar-refractivity contribution >= 4 is 23.3 Å². The van der Waals surface area contributed by atoms with Crippen molar-refractivity contribution in [3.63, 3.8) is 0 Å². The molecule has 0 aliphatic carbocycles. The molecule has 0 saturated carbocycles. The molecular formula is C23H28N2O6. The molecule has 2 aromatic carbocycles. The zero-order valence-corrected chi connectivity index (χ0v) is 18.2. The van der Waals surface area contributed by atoms with Gasteiger partial charge in [-0.15, -0.1) is 0 Å². The van der Waals surface area contributed by atoms with Crippen molar-refractivity contribution in [2.24, 2.45) is 0 Å². The predicted octanol–water partition coefficient (Wildman–Crippen LogP) is 3.34. The van der Waals surface area contributed by atoms with Crippen LogP contribution in [0, 0.1) is 0 Å². The highest BCUT2D eigenvalue weighted by atomic mass is 16.5. The van der Waals surface area contributed by atoms with E-state index in [2.05, 4.69) is 10.6 Å². The number of ketones is 1. The molecule has 166 valence electrons. The Labute approximate surface area is 181 Å². The Morgan fingerprint density at radius 1 is 0.903 bits per heavy atom. The number of rotatable bonds is 11. The minimum Gasteiger partial charge on any atom is -0.493 e. The van der Waals surface area contributed by atoms with Crippen LogP contribution in [-0.2, 0) is 16.1 Å². The molecule has 0 radical (unpaired) electrons. The molecule has 8 heteroatoms. The molecule has 0 aliphatic rings. The molecular weight excluding hydrogens is 400 g/mol. The Morgan fingerprint density at radius 3 is 2.26 bits per heavy atom. The van der Waals surface area contributed by atoms with Crippen LogP contribution in [0.4, 0.5) is 5.69 Å². The number of ether oxygens (including phenoxy) is 3. The van der Waals surface area contributed by atoms with Crippen molar-refractivity contribution in [3.8, 4) is 17.2 Å². The lowest BCUT2D eigenvalue weighted by Gasteiger charge is -2.13. The zero-order valence-electron chi connectivity index (χ0n) is 18.2. The maximum Gasteiger partial charge on any atom is 0.258 e. The molecule has 0 aromatic heterocycles. The van der Waals surface area contributed by atoms with E-state index in [1.165, 1.54) is 6.92 Å². The first-order valence-electron chi connectivity index (χ1n) is 9.93. The van der Waals surface area contributed by atoms with Crippen LogP contribution in [0.25, 0.3) is 0 Å². The van der Waals surface area contributed by atoms with Gasteiger partial charge in [0.25, 0.3) is 5.91 Å². The molecule has 2 rings (SSSR count). The average Bonchev–Trinajstić information content (AvgIpc) is 2.76. The van der Waals surface area contributed by atoms with Crippen LogP contribution in [-0.4, -0.2) is 38.4 Å². The summed E-state index contributed by atoms with van der Waals surface area (Å²) in [6.07, 6.45) is 1.12. The van der Waals surface area contributed by atoms with E-state index in [0.29, 0.717) is 29.2 Å². The highest BCUT2D eigenvalue weighted by molar-refractivity contribution is 5.99. The summed E-state index contributed by atoms with van der Waals surface area (Å²) in [5.74, 6) is 0.758. The van der Waals surface area contributed by atoms with Gasteiger partial charge in [-0.05, 0) is 49.2 Å². The summed E-state index contributed by atoms with van der Waals surface area (Å²) >= 11 is 0. The fourth-order valence-corrected chi connectivity index (χ4v) is 2.84. The van der Waals surface area contributed by atoms with Crippen molar-refractivity contribution in [2.75, 3.05) is 26.1 Å². The minimum atomic E-state index is -0.343. The molecule has 8 nitrogen and oxygen atoms in total. The zero-order chi connectivity index (χ0) is 22.8. The largest absolute Gasteiger partial charge is 0.493 e. The second-order valence-corrected chi connectivity index (χ2v) is 6.82. The highest BCUT2D eigenvalue weighted by Gasteiger charge is 2.13. The molecule has 2 amide bonds. The van der Waals surface area contributed by atoms with Gasteiger partial charge in [-0.25, -0.2) is 0 Å². The Kier molecular flexibility index (Phi) is 8.87. The van der Waals surface area contributed by atoms with E-state index in [0.717, 1.165) is 12.0 Å². The molecule has 0 aliphatic heterocycles. The third-order valence-electron chi connectivity index (χ3n) is 4.42. The van der Waals surface area contributed by atoms with Gasteiger partial charge in [0.15, 0.2) is 23.9 Å². The summed E-state index contributed by atoms with van der Waals surface area (Å²) in [6, 6.07) is 10.1. The van der Waals surface area contributed by atoms with E-state index in [1.54, 1.807) is 44.6 Å². The Hall–Kier alpha value is -3.55. The number of carbonyl (C=O) groups excluding carboxylic acids is 3. The molecule has 0 saturated heterocycles. The van der Waals surface area contributed by atoms with Crippen molar-refractivity contribution in [1.29, 1.82) is 0 Å². The summed E-state index contributed by atoms with van der Waals surface area (Å²) in [6.45, 7) is 3.34. The van der Waals surface area contributed by atoms with Crippen LogP contribution in [0.15, 0.2) is 36.4 Å². The smallest absolute Gasteiger partial charge is 0.258 e. The number of hydrogen-bond acceptors (Lipinski definition) is 6. The lowest BCUT2D eigenvalue weighted by Crippen LogP contribution is -2.28. The third-order valence-corrected chi connectivity index (χ3v) is 4.42. The van der Waals surface area contributed by atoms with Crippen LogP contribution < -0.4 is 24.8 Å². The van der Waals surface area contributed by atoms with Gasteiger partial charge in [0.05, 0.1) is 19.8 Å². The fraction of sp³-hybridized carbons (Fsp3) is 0.348. The van der Waals surface area contributed by atoms with Crippen LogP contribution in [0.1, 0.15) is 42.6 Å².